The molecule has 13 heteroatoms. The summed E-state index contributed by atoms with van der Waals surface area (Å²) in [5, 5.41) is 11.4. The number of ether oxygens (including phenoxy) is 1. The summed E-state index contributed by atoms with van der Waals surface area (Å²) in [5.74, 6) is 0.386. The predicted molar refractivity (Wildman–Crippen MR) is 116 cm³/mol. The summed E-state index contributed by atoms with van der Waals surface area (Å²) >= 11 is 6.95. The van der Waals surface area contributed by atoms with Crippen molar-refractivity contribution in [2.24, 2.45) is 10.1 Å². The highest BCUT2D eigenvalue weighted by Crippen LogP contribution is 2.24. The fourth-order valence-electron chi connectivity index (χ4n) is 2.07. The predicted octanol–water partition coefficient (Wildman–Crippen LogP) is 3.13. The third kappa shape index (κ3) is 7.66. The van der Waals surface area contributed by atoms with Gasteiger partial charge in [0.2, 0.25) is 10.0 Å². The summed E-state index contributed by atoms with van der Waals surface area (Å²) in [7, 11) is -2.20. The molecule has 1 aromatic heterocycles. The zero-order valence-electron chi connectivity index (χ0n) is 14.5. The van der Waals surface area contributed by atoms with Crippen molar-refractivity contribution >= 4 is 62.9 Å². The van der Waals surface area contributed by atoms with E-state index in [9.17, 15) is 17.2 Å². The van der Waals surface area contributed by atoms with Crippen LogP contribution < -0.4 is 20.5 Å². The molecular weight excluding hydrogens is 549 g/mol. The number of guanidine groups is 1. The van der Waals surface area contributed by atoms with Crippen LogP contribution in [0.4, 0.5) is 8.78 Å². The van der Waals surface area contributed by atoms with E-state index in [1.165, 1.54) is 31.3 Å². The van der Waals surface area contributed by atoms with E-state index in [2.05, 4.69) is 20.4 Å². The number of aliphatic imine (C=N–C) groups is 1. The van der Waals surface area contributed by atoms with Crippen LogP contribution in [-0.4, -0.2) is 28.0 Å². The van der Waals surface area contributed by atoms with Crippen molar-refractivity contribution in [3.8, 4) is 5.75 Å². The van der Waals surface area contributed by atoms with E-state index < -0.39 is 16.6 Å². The Morgan fingerprint density at radius 2 is 1.96 bits per heavy atom. The molecule has 0 unspecified atom stereocenters. The lowest BCUT2D eigenvalue weighted by Gasteiger charge is -2.14. The summed E-state index contributed by atoms with van der Waals surface area (Å²) in [5.41, 5.74) is 0.429. The first kappa shape index (κ1) is 24.8. The third-order valence-electron chi connectivity index (χ3n) is 3.26. The summed E-state index contributed by atoms with van der Waals surface area (Å²) in [6, 6.07) is 7.39. The van der Waals surface area contributed by atoms with Gasteiger partial charge in [0.05, 0.1) is 6.54 Å². The summed E-state index contributed by atoms with van der Waals surface area (Å²) in [6.07, 6.45) is 0. The van der Waals surface area contributed by atoms with E-state index in [4.69, 9.17) is 16.7 Å². The molecule has 1 heterocycles. The molecule has 2 rings (SSSR count). The molecule has 0 bridgehead atoms. The van der Waals surface area contributed by atoms with Crippen LogP contribution in [-0.2, 0) is 23.1 Å². The molecule has 7 nitrogen and oxygen atoms in total. The van der Waals surface area contributed by atoms with Gasteiger partial charge in [-0.25, -0.2) is 13.6 Å². The highest BCUT2D eigenvalue weighted by molar-refractivity contribution is 14.0. The standard InChI is InChI=1S/C15H17ClF2N4O3S2.HI/c1-20-15(22-8-11-3-5-13(26-11)27(19,23)24)21-7-9-6-10(16)2-4-12(9)25-14(17)18;/h2-6,14H,7-8H2,1H3,(H2,19,23,24)(H2,20,21,22);1H. The lowest BCUT2D eigenvalue weighted by atomic mass is 10.2. The Hall–Kier alpha value is -1.22. The Morgan fingerprint density at radius 3 is 2.54 bits per heavy atom. The van der Waals surface area contributed by atoms with Gasteiger partial charge in [0, 0.05) is 29.1 Å². The van der Waals surface area contributed by atoms with Crippen molar-refractivity contribution in [3.05, 3.63) is 45.8 Å². The second kappa shape index (κ2) is 11.1. The number of benzene rings is 1. The molecule has 0 atom stereocenters. The van der Waals surface area contributed by atoms with Crippen LogP contribution in [0.5, 0.6) is 5.75 Å². The Labute approximate surface area is 187 Å². The number of primary sulfonamides is 1. The number of nitrogens with two attached hydrogens (primary N) is 1. The average Bonchev–Trinajstić information content (AvgIpc) is 3.06. The fraction of sp³-hybridized carbons (Fsp3) is 0.267. The molecule has 0 aliphatic rings. The molecule has 1 aromatic carbocycles. The second-order valence-electron chi connectivity index (χ2n) is 5.18. The first-order chi connectivity index (χ1) is 12.7. The number of hydrogen-bond acceptors (Lipinski definition) is 5. The van der Waals surface area contributed by atoms with Crippen molar-refractivity contribution < 1.29 is 21.9 Å². The molecular formula is C15H18ClF2IN4O3S2. The van der Waals surface area contributed by atoms with Gasteiger partial charge in [-0.2, -0.15) is 8.78 Å². The smallest absolute Gasteiger partial charge is 0.387 e. The molecule has 0 saturated heterocycles. The van der Waals surface area contributed by atoms with Crippen LogP contribution in [0.2, 0.25) is 5.02 Å². The van der Waals surface area contributed by atoms with E-state index >= 15 is 0 Å². The number of sulfonamides is 1. The minimum absolute atomic E-state index is 0. The van der Waals surface area contributed by atoms with Gasteiger partial charge in [0.15, 0.2) is 5.96 Å². The Balaban J connectivity index is 0.00000392. The number of halogens is 4. The number of thiophene rings is 1. The van der Waals surface area contributed by atoms with Crippen LogP contribution in [0.1, 0.15) is 10.4 Å². The third-order valence-corrected chi connectivity index (χ3v) is 6.01. The molecule has 0 fully saturated rings. The zero-order chi connectivity index (χ0) is 20.0. The van der Waals surface area contributed by atoms with Crippen LogP contribution in [0, 0.1) is 0 Å². The van der Waals surface area contributed by atoms with Gasteiger partial charge in [-0.1, -0.05) is 11.6 Å². The molecule has 0 saturated carbocycles. The first-order valence-electron chi connectivity index (χ1n) is 7.48. The molecule has 156 valence electrons. The highest BCUT2D eigenvalue weighted by atomic mass is 127. The maximum absolute atomic E-state index is 12.5. The van der Waals surface area contributed by atoms with E-state index in [0.29, 0.717) is 23.1 Å². The summed E-state index contributed by atoms with van der Waals surface area (Å²) in [6.45, 7) is -2.51. The van der Waals surface area contributed by atoms with Gasteiger partial charge in [-0.3, -0.25) is 4.99 Å². The summed E-state index contributed by atoms with van der Waals surface area (Å²) in [4.78, 5) is 4.75. The van der Waals surface area contributed by atoms with Gasteiger partial charge in [0.25, 0.3) is 0 Å². The van der Waals surface area contributed by atoms with Crippen molar-refractivity contribution in [3.63, 3.8) is 0 Å². The molecule has 0 aliphatic heterocycles. The van der Waals surface area contributed by atoms with Crippen LogP contribution >= 0.6 is 46.9 Å². The van der Waals surface area contributed by atoms with Gasteiger partial charge >= 0.3 is 6.61 Å². The minimum atomic E-state index is -3.73. The number of alkyl halides is 2. The second-order valence-corrected chi connectivity index (χ2v) is 8.57. The van der Waals surface area contributed by atoms with E-state index in [1.54, 1.807) is 6.07 Å². The van der Waals surface area contributed by atoms with Gasteiger partial charge in [-0.05, 0) is 30.3 Å². The van der Waals surface area contributed by atoms with Crippen molar-refractivity contribution in [2.75, 3.05) is 7.05 Å². The average molecular weight is 567 g/mol. The molecule has 28 heavy (non-hydrogen) atoms. The minimum Gasteiger partial charge on any atom is -0.434 e. The fourth-order valence-corrected chi connectivity index (χ4v) is 3.99. The van der Waals surface area contributed by atoms with Gasteiger partial charge < -0.3 is 15.4 Å². The maximum Gasteiger partial charge on any atom is 0.387 e. The monoisotopic (exact) mass is 566 g/mol. The van der Waals surface area contributed by atoms with Crippen LogP contribution in [0.15, 0.2) is 39.5 Å². The van der Waals surface area contributed by atoms with Gasteiger partial charge in [-0.15, -0.1) is 35.3 Å². The number of nitrogens with one attached hydrogen (secondary N) is 2. The topological polar surface area (TPSA) is 106 Å². The number of rotatable bonds is 7. The molecule has 0 amide bonds. The van der Waals surface area contributed by atoms with E-state index in [1.807, 2.05) is 0 Å². The largest absolute Gasteiger partial charge is 0.434 e. The molecule has 2 aromatic rings. The normalized spacial score (nSPS) is 11.9. The molecule has 0 aliphatic carbocycles. The Morgan fingerprint density at radius 1 is 1.29 bits per heavy atom. The quantitative estimate of drug-likeness (QED) is 0.271. The Kier molecular flexibility index (Phi) is 9.83. The number of hydrogen-bond donors (Lipinski definition) is 3. The summed E-state index contributed by atoms with van der Waals surface area (Å²) < 4.78 is 52.1. The lowest BCUT2D eigenvalue weighted by Crippen LogP contribution is -2.36. The maximum atomic E-state index is 12.5. The van der Waals surface area contributed by atoms with Crippen molar-refractivity contribution in [1.82, 2.24) is 10.6 Å². The molecule has 0 spiro atoms. The highest BCUT2D eigenvalue weighted by Gasteiger charge is 2.13. The number of nitrogens with zero attached hydrogens (tertiary/aromatic N) is 1. The van der Waals surface area contributed by atoms with E-state index in [0.717, 1.165) is 16.2 Å². The van der Waals surface area contributed by atoms with Crippen LogP contribution in [0.3, 0.4) is 0 Å². The van der Waals surface area contributed by atoms with Crippen LogP contribution in [0.25, 0.3) is 0 Å². The molecule has 0 radical (unpaired) electrons. The Bertz CT molecular complexity index is 926. The lowest BCUT2D eigenvalue weighted by molar-refractivity contribution is -0.0504. The molecule has 4 N–H and O–H groups in total. The first-order valence-corrected chi connectivity index (χ1v) is 10.2. The van der Waals surface area contributed by atoms with Gasteiger partial charge in [0.1, 0.15) is 9.96 Å². The zero-order valence-corrected chi connectivity index (χ0v) is 19.2. The van der Waals surface area contributed by atoms with E-state index in [-0.39, 0.29) is 40.5 Å². The SMILES string of the molecule is CN=C(NCc1ccc(S(N)(=O)=O)s1)NCc1cc(Cl)ccc1OC(F)F.I. The van der Waals surface area contributed by atoms with Crippen molar-refractivity contribution in [1.29, 1.82) is 0 Å². The van der Waals surface area contributed by atoms with Crippen molar-refractivity contribution in [2.45, 2.75) is 23.9 Å².